The molecule has 1 aromatic carbocycles. The Morgan fingerprint density at radius 2 is 1.85 bits per heavy atom. The number of aromatic nitrogens is 3. The molecule has 0 unspecified atom stereocenters. The van der Waals surface area contributed by atoms with Crippen LogP contribution < -0.4 is 11.0 Å². The monoisotopic (exact) mass is 443 g/mol. The number of aryl methyl sites for hydroxylation is 3. The number of fused-ring (bicyclic) bond motifs is 2. The maximum atomic E-state index is 13.4. The molecule has 0 atom stereocenters. The molecule has 1 aliphatic heterocycles. The van der Waals surface area contributed by atoms with E-state index in [9.17, 15) is 9.59 Å². The first-order valence-corrected chi connectivity index (χ1v) is 11.1. The maximum Gasteiger partial charge on any atom is 0.267 e. The Hall–Kier alpha value is -3.78. The number of nitrogens with zero attached hydrogens (tertiary/aromatic N) is 4. The number of amides is 1. The SMILES string of the molecule is Cc1cccn2c(=O)c3cc(C(=O)N4CCOCC4)c(=N)n(CCc4ccccc4)c3nc12. The fourth-order valence-electron chi connectivity index (χ4n) is 4.30. The number of pyridine rings is 2. The molecule has 8 nitrogen and oxygen atoms in total. The van der Waals surface area contributed by atoms with Crippen LogP contribution in [0.25, 0.3) is 16.7 Å². The summed E-state index contributed by atoms with van der Waals surface area (Å²) in [5.41, 5.74) is 2.98. The van der Waals surface area contributed by atoms with E-state index in [1.807, 2.05) is 43.3 Å². The molecule has 0 aliphatic carbocycles. The van der Waals surface area contributed by atoms with Crippen LogP contribution in [0.3, 0.4) is 0 Å². The van der Waals surface area contributed by atoms with Crippen LogP contribution in [0.5, 0.6) is 0 Å². The van der Waals surface area contributed by atoms with E-state index in [0.29, 0.717) is 55.9 Å². The first-order chi connectivity index (χ1) is 16.0. The van der Waals surface area contributed by atoms with Crippen molar-refractivity contribution in [2.45, 2.75) is 19.9 Å². The van der Waals surface area contributed by atoms with Crippen LogP contribution >= 0.6 is 0 Å². The van der Waals surface area contributed by atoms with Gasteiger partial charge < -0.3 is 14.2 Å². The molecular formula is C25H25N5O3. The Morgan fingerprint density at radius 1 is 1.09 bits per heavy atom. The van der Waals surface area contributed by atoms with E-state index in [4.69, 9.17) is 15.1 Å². The quantitative estimate of drug-likeness (QED) is 0.489. The second kappa shape index (κ2) is 8.63. The van der Waals surface area contributed by atoms with Gasteiger partial charge in [-0.25, -0.2) is 4.98 Å². The molecule has 0 spiro atoms. The molecule has 0 bridgehead atoms. The summed E-state index contributed by atoms with van der Waals surface area (Å²) in [5.74, 6) is -0.257. The van der Waals surface area contributed by atoms with E-state index in [-0.39, 0.29) is 22.5 Å². The normalized spacial score (nSPS) is 14.2. The van der Waals surface area contributed by atoms with Gasteiger partial charge in [0.1, 0.15) is 16.8 Å². The summed E-state index contributed by atoms with van der Waals surface area (Å²) >= 11 is 0. The molecule has 1 amide bonds. The van der Waals surface area contributed by atoms with Crippen LogP contribution in [0.15, 0.2) is 59.5 Å². The minimum atomic E-state index is -0.257. The van der Waals surface area contributed by atoms with Crippen LogP contribution in [-0.4, -0.2) is 51.1 Å². The number of ether oxygens (including phenoxy) is 1. The minimum Gasteiger partial charge on any atom is -0.378 e. The van der Waals surface area contributed by atoms with Crippen molar-refractivity contribution in [3.63, 3.8) is 0 Å². The molecule has 1 saturated heterocycles. The summed E-state index contributed by atoms with van der Waals surface area (Å²) in [5, 5.41) is 9.24. The number of rotatable bonds is 4. The van der Waals surface area contributed by atoms with Crippen molar-refractivity contribution in [1.82, 2.24) is 18.9 Å². The number of hydrogen-bond acceptors (Lipinski definition) is 5. The fraction of sp³-hybridized carbons (Fsp3) is 0.280. The van der Waals surface area contributed by atoms with Crippen LogP contribution in [0.1, 0.15) is 21.5 Å². The molecule has 3 aromatic heterocycles. The Labute approximate surface area is 190 Å². The highest BCUT2D eigenvalue weighted by Crippen LogP contribution is 2.15. The number of nitrogens with one attached hydrogen (secondary N) is 1. The lowest BCUT2D eigenvalue weighted by Crippen LogP contribution is -2.43. The first-order valence-electron chi connectivity index (χ1n) is 11.1. The van der Waals surface area contributed by atoms with E-state index < -0.39 is 0 Å². The molecule has 1 fully saturated rings. The third-order valence-electron chi connectivity index (χ3n) is 6.13. The zero-order valence-electron chi connectivity index (χ0n) is 18.5. The molecular weight excluding hydrogens is 418 g/mol. The summed E-state index contributed by atoms with van der Waals surface area (Å²) < 4.78 is 8.57. The minimum absolute atomic E-state index is 0.0692. The summed E-state index contributed by atoms with van der Waals surface area (Å²) in [6.07, 6.45) is 2.33. The Kier molecular flexibility index (Phi) is 5.51. The van der Waals surface area contributed by atoms with E-state index >= 15 is 0 Å². The van der Waals surface area contributed by atoms with E-state index in [2.05, 4.69) is 0 Å². The third-order valence-corrected chi connectivity index (χ3v) is 6.13. The van der Waals surface area contributed by atoms with Crippen molar-refractivity contribution >= 4 is 22.6 Å². The van der Waals surface area contributed by atoms with Crippen LogP contribution in [0.2, 0.25) is 0 Å². The average Bonchev–Trinajstić information content (AvgIpc) is 2.85. The van der Waals surface area contributed by atoms with Gasteiger partial charge in [0.05, 0.1) is 24.2 Å². The molecule has 1 N–H and O–H groups in total. The number of carbonyl (C=O) groups is 1. The highest BCUT2D eigenvalue weighted by Gasteiger charge is 2.23. The van der Waals surface area contributed by atoms with Gasteiger partial charge in [0.25, 0.3) is 11.5 Å². The van der Waals surface area contributed by atoms with E-state index in [1.165, 1.54) is 4.40 Å². The number of benzene rings is 1. The zero-order valence-corrected chi connectivity index (χ0v) is 18.5. The number of carbonyl (C=O) groups excluding carboxylic acids is 1. The lowest BCUT2D eigenvalue weighted by molar-refractivity contribution is 0.0301. The Balaban J connectivity index is 1.72. The number of morpholine rings is 1. The third kappa shape index (κ3) is 3.82. The molecule has 33 heavy (non-hydrogen) atoms. The van der Waals surface area contributed by atoms with E-state index in [1.54, 1.807) is 27.8 Å². The van der Waals surface area contributed by atoms with Gasteiger partial charge in [-0.2, -0.15) is 0 Å². The van der Waals surface area contributed by atoms with Crippen molar-refractivity contribution in [3.05, 3.63) is 87.3 Å². The fourth-order valence-corrected chi connectivity index (χ4v) is 4.30. The molecule has 1 aliphatic rings. The molecule has 4 heterocycles. The van der Waals surface area contributed by atoms with Crippen LogP contribution in [0, 0.1) is 12.3 Å². The number of hydrogen-bond donors (Lipinski definition) is 1. The predicted molar refractivity (Wildman–Crippen MR) is 124 cm³/mol. The Morgan fingerprint density at radius 3 is 2.61 bits per heavy atom. The second-order valence-electron chi connectivity index (χ2n) is 8.24. The summed E-state index contributed by atoms with van der Waals surface area (Å²) in [6.45, 7) is 4.20. The lowest BCUT2D eigenvalue weighted by atomic mass is 10.1. The van der Waals surface area contributed by atoms with Gasteiger partial charge in [0.2, 0.25) is 0 Å². The topological polar surface area (TPSA) is 92.7 Å². The van der Waals surface area contributed by atoms with Gasteiger partial charge in [0, 0.05) is 25.8 Å². The zero-order chi connectivity index (χ0) is 22.9. The smallest absolute Gasteiger partial charge is 0.267 e. The van der Waals surface area contributed by atoms with Gasteiger partial charge in [-0.3, -0.25) is 19.4 Å². The molecule has 5 rings (SSSR count). The molecule has 4 aromatic rings. The van der Waals surface area contributed by atoms with Gasteiger partial charge >= 0.3 is 0 Å². The largest absolute Gasteiger partial charge is 0.378 e. The highest BCUT2D eigenvalue weighted by atomic mass is 16.5. The highest BCUT2D eigenvalue weighted by molar-refractivity contribution is 5.97. The lowest BCUT2D eigenvalue weighted by Gasteiger charge is -2.27. The average molecular weight is 444 g/mol. The van der Waals surface area contributed by atoms with Crippen molar-refractivity contribution in [2.75, 3.05) is 26.3 Å². The van der Waals surface area contributed by atoms with Gasteiger partial charge in [-0.15, -0.1) is 0 Å². The van der Waals surface area contributed by atoms with Gasteiger partial charge in [-0.05, 0) is 36.6 Å². The van der Waals surface area contributed by atoms with Crippen LogP contribution in [-0.2, 0) is 17.7 Å². The molecule has 0 radical (unpaired) electrons. The maximum absolute atomic E-state index is 13.4. The van der Waals surface area contributed by atoms with Gasteiger partial charge in [0.15, 0.2) is 0 Å². The Bertz CT molecular complexity index is 1470. The first kappa shape index (κ1) is 21.1. The van der Waals surface area contributed by atoms with Crippen molar-refractivity contribution < 1.29 is 9.53 Å². The van der Waals surface area contributed by atoms with Crippen molar-refractivity contribution in [3.8, 4) is 0 Å². The molecule has 8 heteroatoms. The standard InChI is InChI=1S/C25H25N5O3/c1-17-6-5-10-30-22(17)27-23-20(25(30)32)16-19(24(31)28-12-14-33-15-13-28)21(26)29(23)11-9-18-7-3-2-4-8-18/h2-8,10,16,26H,9,11-15H2,1H3. The second-order valence-corrected chi connectivity index (χ2v) is 8.24. The molecule has 0 saturated carbocycles. The summed E-state index contributed by atoms with van der Waals surface area (Å²) in [6, 6.07) is 15.2. The predicted octanol–water partition coefficient (Wildman–Crippen LogP) is 2.15. The molecule has 168 valence electrons. The van der Waals surface area contributed by atoms with Crippen molar-refractivity contribution in [1.29, 1.82) is 5.41 Å². The van der Waals surface area contributed by atoms with E-state index in [0.717, 1.165) is 11.1 Å². The van der Waals surface area contributed by atoms with Crippen LogP contribution in [0.4, 0.5) is 0 Å². The van der Waals surface area contributed by atoms with Crippen molar-refractivity contribution in [2.24, 2.45) is 0 Å². The van der Waals surface area contributed by atoms with Gasteiger partial charge in [-0.1, -0.05) is 36.4 Å². The summed E-state index contributed by atoms with van der Waals surface area (Å²) in [4.78, 5) is 33.2. The summed E-state index contributed by atoms with van der Waals surface area (Å²) in [7, 11) is 0.